The first kappa shape index (κ1) is 22.8. The molecular weight excluding hydrogens is 494 g/mol. The Balaban J connectivity index is 0.00000300. The summed E-state index contributed by atoms with van der Waals surface area (Å²) in [5, 5.41) is 15.1. The number of nitriles is 1. The fourth-order valence-electron chi connectivity index (χ4n) is 3.22. The molecule has 1 aliphatic heterocycles. The van der Waals surface area contributed by atoms with Crippen LogP contribution in [-0.4, -0.2) is 32.1 Å². The van der Waals surface area contributed by atoms with Crippen LogP contribution in [0.1, 0.15) is 17.5 Å². The van der Waals surface area contributed by atoms with Gasteiger partial charge in [0.25, 0.3) is 0 Å². The van der Waals surface area contributed by atoms with Crippen molar-refractivity contribution < 1.29 is 13.2 Å². The van der Waals surface area contributed by atoms with Crippen molar-refractivity contribution in [3.05, 3.63) is 65.0 Å². The van der Waals surface area contributed by atoms with Crippen molar-refractivity contribution in [1.29, 1.82) is 5.26 Å². The summed E-state index contributed by atoms with van der Waals surface area (Å²) in [6.07, 6.45) is 0.673. The van der Waals surface area contributed by atoms with Crippen LogP contribution in [0.15, 0.2) is 41.4 Å². The van der Waals surface area contributed by atoms with Gasteiger partial charge in [0, 0.05) is 38.3 Å². The highest BCUT2D eigenvalue weighted by Gasteiger charge is 2.27. The summed E-state index contributed by atoms with van der Waals surface area (Å²) >= 11 is 0. The van der Waals surface area contributed by atoms with E-state index in [2.05, 4.69) is 15.6 Å². The Labute approximate surface area is 184 Å². The molecule has 1 unspecified atom stereocenters. The van der Waals surface area contributed by atoms with Crippen LogP contribution in [0.3, 0.4) is 0 Å². The molecule has 2 aromatic rings. The molecule has 0 saturated carbocycles. The Morgan fingerprint density at radius 1 is 1.21 bits per heavy atom. The molecule has 0 bridgehead atoms. The largest absolute Gasteiger partial charge is 0.365 e. The number of rotatable bonds is 4. The molecule has 1 aliphatic rings. The van der Waals surface area contributed by atoms with Gasteiger partial charge in [-0.2, -0.15) is 5.26 Å². The Hall–Kier alpha value is -2.48. The quantitative estimate of drug-likeness (QED) is 0.372. The van der Waals surface area contributed by atoms with Crippen molar-refractivity contribution in [2.45, 2.75) is 19.0 Å². The monoisotopic (exact) mass is 515 g/mol. The van der Waals surface area contributed by atoms with E-state index in [1.165, 1.54) is 36.4 Å². The Kier molecular flexibility index (Phi) is 8.13. The van der Waals surface area contributed by atoms with Crippen LogP contribution in [0.2, 0.25) is 0 Å². The van der Waals surface area contributed by atoms with Crippen molar-refractivity contribution in [2.75, 3.05) is 25.0 Å². The van der Waals surface area contributed by atoms with Crippen molar-refractivity contribution in [3.8, 4) is 6.07 Å². The SMILES string of the molecule is CN=C(NCc1cc(C#N)ccc1F)NC1CCN(c2c(F)cccc2F)C1.I. The lowest BCUT2D eigenvalue weighted by atomic mass is 10.1. The zero-order valence-electron chi connectivity index (χ0n) is 15.8. The van der Waals surface area contributed by atoms with Crippen LogP contribution in [0.5, 0.6) is 0 Å². The van der Waals surface area contributed by atoms with Crippen LogP contribution in [0.4, 0.5) is 18.9 Å². The van der Waals surface area contributed by atoms with Gasteiger partial charge in [-0.3, -0.25) is 4.99 Å². The van der Waals surface area contributed by atoms with Gasteiger partial charge in [0.05, 0.1) is 11.6 Å². The highest BCUT2D eigenvalue weighted by atomic mass is 127. The van der Waals surface area contributed by atoms with Gasteiger partial charge in [0.1, 0.15) is 23.1 Å². The van der Waals surface area contributed by atoms with Gasteiger partial charge in [-0.25, -0.2) is 13.2 Å². The molecule has 0 aliphatic carbocycles. The minimum Gasteiger partial charge on any atom is -0.365 e. The maximum absolute atomic E-state index is 14.0. The zero-order valence-corrected chi connectivity index (χ0v) is 18.1. The van der Waals surface area contributed by atoms with Crippen molar-refractivity contribution in [3.63, 3.8) is 0 Å². The summed E-state index contributed by atoms with van der Waals surface area (Å²) in [7, 11) is 1.58. The Morgan fingerprint density at radius 2 is 1.93 bits per heavy atom. The molecule has 0 aromatic heterocycles. The van der Waals surface area contributed by atoms with Gasteiger partial charge in [-0.15, -0.1) is 24.0 Å². The number of halogens is 4. The lowest BCUT2D eigenvalue weighted by molar-refractivity contribution is 0.575. The predicted octanol–water partition coefficient (Wildman–Crippen LogP) is 3.54. The van der Waals surface area contributed by atoms with E-state index < -0.39 is 17.5 Å². The molecule has 154 valence electrons. The van der Waals surface area contributed by atoms with Crippen LogP contribution in [-0.2, 0) is 6.54 Å². The number of anilines is 1. The van der Waals surface area contributed by atoms with Crippen LogP contribution < -0.4 is 15.5 Å². The molecule has 1 fully saturated rings. The highest BCUT2D eigenvalue weighted by Crippen LogP contribution is 2.26. The number of benzene rings is 2. The molecule has 5 nitrogen and oxygen atoms in total. The predicted molar refractivity (Wildman–Crippen MR) is 117 cm³/mol. The third kappa shape index (κ3) is 5.53. The number of aliphatic imine (C=N–C) groups is 1. The van der Waals surface area contributed by atoms with E-state index in [1.54, 1.807) is 11.9 Å². The molecule has 29 heavy (non-hydrogen) atoms. The van der Waals surface area contributed by atoms with E-state index in [1.807, 2.05) is 6.07 Å². The summed E-state index contributed by atoms with van der Waals surface area (Å²) in [4.78, 5) is 5.77. The van der Waals surface area contributed by atoms with E-state index in [0.717, 1.165) is 0 Å². The third-order valence-electron chi connectivity index (χ3n) is 4.63. The average molecular weight is 515 g/mol. The Morgan fingerprint density at radius 3 is 2.59 bits per heavy atom. The van der Waals surface area contributed by atoms with Crippen LogP contribution in [0, 0.1) is 28.8 Å². The normalized spacial score (nSPS) is 16.2. The fraction of sp³-hybridized carbons (Fsp3) is 0.300. The minimum absolute atomic E-state index is 0. The first-order chi connectivity index (χ1) is 13.5. The summed E-state index contributed by atoms with van der Waals surface area (Å²) < 4.78 is 41.8. The van der Waals surface area contributed by atoms with Gasteiger partial charge in [-0.05, 0) is 36.8 Å². The topological polar surface area (TPSA) is 63.5 Å². The second-order valence-electron chi connectivity index (χ2n) is 6.49. The van der Waals surface area contributed by atoms with E-state index in [0.29, 0.717) is 36.6 Å². The summed E-state index contributed by atoms with van der Waals surface area (Å²) in [6, 6.07) is 9.88. The van der Waals surface area contributed by atoms with Crippen LogP contribution in [0.25, 0.3) is 0 Å². The van der Waals surface area contributed by atoms with Gasteiger partial charge in [-0.1, -0.05) is 6.07 Å². The molecule has 0 spiro atoms. The number of para-hydroxylation sites is 1. The average Bonchev–Trinajstić information content (AvgIpc) is 3.14. The number of hydrogen-bond donors (Lipinski definition) is 2. The summed E-state index contributed by atoms with van der Waals surface area (Å²) in [5.41, 5.74) is 0.702. The standard InChI is InChI=1S/C20H20F3N5.HI/c1-25-20(26-11-14-9-13(10-24)5-6-16(14)21)27-15-7-8-28(12-15)19-17(22)3-2-4-18(19)23;/h2-6,9,15H,7-8,11-12H2,1H3,(H2,25,26,27);1H. The van der Waals surface area contributed by atoms with Gasteiger partial charge < -0.3 is 15.5 Å². The van der Waals surface area contributed by atoms with Crippen LogP contribution >= 0.6 is 24.0 Å². The first-order valence-corrected chi connectivity index (χ1v) is 8.86. The van der Waals surface area contributed by atoms with E-state index in [9.17, 15) is 13.2 Å². The number of hydrogen-bond acceptors (Lipinski definition) is 3. The number of nitrogens with one attached hydrogen (secondary N) is 2. The maximum atomic E-state index is 14.0. The highest BCUT2D eigenvalue weighted by molar-refractivity contribution is 14.0. The molecular formula is C20H21F3IN5. The van der Waals surface area contributed by atoms with E-state index >= 15 is 0 Å². The van der Waals surface area contributed by atoms with Crippen molar-refractivity contribution in [2.24, 2.45) is 4.99 Å². The first-order valence-electron chi connectivity index (χ1n) is 8.86. The van der Waals surface area contributed by atoms with Crippen molar-refractivity contribution >= 4 is 35.6 Å². The molecule has 1 heterocycles. The third-order valence-corrected chi connectivity index (χ3v) is 4.63. The molecule has 2 N–H and O–H groups in total. The second kappa shape index (κ2) is 10.3. The zero-order chi connectivity index (χ0) is 20.1. The fourth-order valence-corrected chi connectivity index (χ4v) is 3.22. The minimum atomic E-state index is -0.587. The summed E-state index contributed by atoms with van der Waals surface area (Å²) in [6.45, 7) is 1.07. The summed E-state index contributed by atoms with van der Waals surface area (Å²) in [5.74, 6) is -1.14. The van der Waals surface area contributed by atoms with Gasteiger partial charge >= 0.3 is 0 Å². The Bertz CT molecular complexity index is 909. The molecule has 1 saturated heterocycles. The lowest BCUT2D eigenvalue weighted by Crippen LogP contribution is -2.44. The maximum Gasteiger partial charge on any atom is 0.191 e. The molecule has 0 radical (unpaired) electrons. The van der Waals surface area contributed by atoms with Crippen molar-refractivity contribution in [1.82, 2.24) is 10.6 Å². The number of guanidine groups is 1. The molecule has 2 aromatic carbocycles. The smallest absolute Gasteiger partial charge is 0.191 e. The lowest BCUT2D eigenvalue weighted by Gasteiger charge is -2.21. The van der Waals surface area contributed by atoms with E-state index in [-0.39, 0.29) is 42.3 Å². The second-order valence-corrected chi connectivity index (χ2v) is 6.49. The van der Waals surface area contributed by atoms with Gasteiger partial charge in [0.15, 0.2) is 5.96 Å². The van der Waals surface area contributed by atoms with Gasteiger partial charge in [0.2, 0.25) is 0 Å². The molecule has 1 atom stereocenters. The molecule has 0 amide bonds. The number of nitrogens with zero attached hydrogens (tertiary/aromatic N) is 3. The molecule has 3 rings (SSSR count). The van der Waals surface area contributed by atoms with E-state index in [4.69, 9.17) is 5.26 Å². The molecule has 9 heteroatoms.